The van der Waals surface area contributed by atoms with E-state index in [9.17, 15) is 4.39 Å². The average molecular weight is 229 g/mol. The first kappa shape index (κ1) is 13.3. The van der Waals surface area contributed by atoms with Crippen molar-refractivity contribution in [2.24, 2.45) is 10.4 Å². The van der Waals surface area contributed by atoms with Crippen LogP contribution in [0.1, 0.15) is 34.1 Å². The fourth-order valence-electron chi connectivity index (χ4n) is 1.96. The van der Waals surface area contributed by atoms with E-state index in [0.29, 0.717) is 18.4 Å². The Labute approximate surface area is 98.1 Å². The molecule has 0 bridgehead atoms. The number of halogens is 1. The van der Waals surface area contributed by atoms with Crippen molar-refractivity contribution >= 4 is 5.96 Å². The number of hydrogen-bond donors (Lipinski definition) is 1. The minimum Gasteiger partial charge on any atom is -0.356 e. The third-order valence-electron chi connectivity index (χ3n) is 3.95. The third-order valence-corrected chi connectivity index (χ3v) is 3.95. The first-order valence-electron chi connectivity index (χ1n) is 5.91. The van der Waals surface area contributed by atoms with Crippen LogP contribution in [-0.2, 0) is 0 Å². The van der Waals surface area contributed by atoms with Crippen LogP contribution in [0.3, 0.4) is 0 Å². The maximum absolute atomic E-state index is 12.0. The van der Waals surface area contributed by atoms with Gasteiger partial charge in [0.05, 0.1) is 6.67 Å². The maximum Gasteiger partial charge on any atom is 0.194 e. The summed E-state index contributed by atoms with van der Waals surface area (Å²) in [5.74, 6) is 0.887. The van der Waals surface area contributed by atoms with Crippen LogP contribution in [0.5, 0.6) is 0 Å². The molecule has 1 aliphatic rings. The van der Waals surface area contributed by atoms with E-state index >= 15 is 0 Å². The largest absolute Gasteiger partial charge is 0.356 e. The number of likely N-dealkylation sites (tertiary alicyclic amines) is 1. The summed E-state index contributed by atoms with van der Waals surface area (Å²) in [7, 11) is 1.78. The highest BCUT2D eigenvalue weighted by atomic mass is 19.1. The van der Waals surface area contributed by atoms with Crippen LogP contribution in [0.4, 0.5) is 4.39 Å². The van der Waals surface area contributed by atoms with Gasteiger partial charge in [0.15, 0.2) is 5.96 Å². The molecule has 1 fully saturated rings. The number of hydrogen-bond acceptors (Lipinski definition) is 1. The van der Waals surface area contributed by atoms with E-state index in [1.54, 1.807) is 7.05 Å². The van der Waals surface area contributed by atoms with Crippen LogP contribution in [0.25, 0.3) is 0 Å². The summed E-state index contributed by atoms with van der Waals surface area (Å²) in [5, 5.41) is 3.20. The number of rotatable bonds is 3. The van der Waals surface area contributed by atoms with Gasteiger partial charge < -0.3 is 10.2 Å². The van der Waals surface area contributed by atoms with Crippen LogP contribution < -0.4 is 5.32 Å². The first-order valence-corrected chi connectivity index (χ1v) is 5.91. The Hall–Kier alpha value is -0.800. The Balaban J connectivity index is 2.58. The second-order valence-corrected chi connectivity index (χ2v) is 5.55. The molecule has 0 aliphatic carbocycles. The topological polar surface area (TPSA) is 27.6 Å². The van der Waals surface area contributed by atoms with Gasteiger partial charge in [0.1, 0.15) is 0 Å². The van der Waals surface area contributed by atoms with E-state index in [1.165, 1.54) is 0 Å². The van der Waals surface area contributed by atoms with Crippen LogP contribution in [0.2, 0.25) is 0 Å². The zero-order valence-electron chi connectivity index (χ0n) is 11.1. The molecule has 1 N–H and O–H groups in total. The molecule has 0 aromatic carbocycles. The number of guanidine groups is 1. The van der Waals surface area contributed by atoms with Gasteiger partial charge >= 0.3 is 0 Å². The molecule has 1 rings (SSSR count). The molecule has 0 saturated carbocycles. The predicted octanol–water partition coefficient (Wildman–Crippen LogP) is 2.04. The first-order chi connectivity index (χ1) is 7.36. The molecule has 0 spiro atoms. The van der Waals surface area contributed by atoms with Gasteiger partial charge in [0.2, 0.25) is 0 Å². The average Bonchev–Trinajstić information content (AvgIpc) is 2.22. The zero-order chi connectivity index (χ0) is 12.4. The Morgan fingerprint density at radius 3 is 2.38 bits per heavy atom. The number of nitrogens with one attached hydrogen (secondary N) is 1. The predicted molar refractivity (Wildman–Crippen MR) is 66.5 cm³/mol. The normalized spacial score (nSPS) is 22.9. The van der Waals surface area contributed by atoms with Gasteiger partial charge in [-0.05, 0) is 20.3 Å². The minimum absolute atomic E-state index is 0.102. The van der Waals surface area contributed by atoms with Gasteiger partial charge in [-0.25, -0.2) is 0 Å². The summed E-state index contributed by atoms with van der Waals surface area (Å²) >= 11 is 0. The quantitative estimate of drug-likeness (QED) is 0.455. The molecule has 16 heavy (non-hydrogen) atoms. The van der Waals surface area contributed by atoms with Gasteiger partial charge in [0, 0.05) is 31.1 Å². The highest BCUT2D eigenvalue weighted by molar-refractivity contribution is 5.81. The lowest BCUT2D eigenvalue weighted by atomic mass is 9.65. The van der Waals surface area contributed by atoms with Crippen molar-refractivity contribution in [1.82, 2.24) is 10.2 Å². The SMILES string of the molecule is CN=C(NCCCF)N1CC(C)(C)C1(C)C. The third kappa shape index (κ3) is 2.15. The summed E-state index contributed by atoms with van der Waals surface area (Å²) in [5.41, 5.74) is 0.398. The lowest BCUT2D eigenvalue weighted by Crippen LogP contribution is -2.72. The van der Waals surface area contributed by atoms with Crippen LogP contribution in [-0.4, -0.2) is 43.2 Å². The molecule has 0 radical (unpaired) electrons. The molecule has 1 aliphatic heterocycles. The fraction of sp³-hybridized carbons (Fsp3) is 0.917. The second kappa shape index (κ2) is 4.60. The van der Waals surface area contributed by atoms with Gasteiger partial charge in [-0.2, -0.15) is 0 Å². The van der Waals surface area contributed by atoms with Gasteiger partial charge in [-0.1, -0.05) is 13.8 Å². The Bertz CT molecular complexity index is 271. The smallest absolute Gasteiger partial charge is 0.194 e. The maximum atomic E-state index is 12.0. The monoisotopic (exact) mass is 229 g/mol. The number of aliphatic imine (C=N–C) groups is 1. The fourth-order valence-corrected chi connectivity index (χ4v) is 1.96. The van der Waals surface area contributed by atoms with Crippen molar-refractivity contribution in [3.8, 4) is 0 Å². The summed E-state index contributed by atoms with van der Waals surface area (Å²) in [4.78, 5) is 6.51. The second-order valence-electron chi connectivity index (χ2n) is 5.55. The van der Waals surface area contributed by atoms with Crippen molar-refractivity contribution in [3.63, 3.8) is 0 Å². The molecular weight excluding hydrogens is 205 g/mol. The van der Waals surface area contributed by atoms with Crippen molar-refractivity contribution in [2.45, 2.75) is 39.7 Å². The van der Waals surface area contributed by atoms with Gasteiger partial charge in [0.25, 0.3) is 0 Å². The molecule has 0 aromatic heterocycles. The van der Waals surface area contributed by atoms with Crippen molar-refractivity contribution < 1.29 is 4.39 Å². The van der Waals surface area contributed by atoms with Crippen LogP contribution >= 0.6 is 0 Å². The van der Waals surface area contributed by atoms with Crippen LogP contribution in [0, 0.1) is 5.41 Å². The Kier molecular flexibility index (Phi) is 3.81. The molecule has 4 heteroatoms. The highest BCUT2D eigenvalue weighted by Gasteiger charge is 2.53. The van der Waals surface area contributed by atoms with E-state index in [2.05, 4.69) is 42.9 Å². The standard InChI is InChI=1S/C12H24FN3/c1-11(2)9-16(12(11,3)4)10(14-5)15-8-6-7-13/h6-9H2,1-5H3,(H,14,15). The van der Waals surface area contributed by atoms with E-state index in [4.69, 9.17) is 0 Å². The molecule has 94 valence electrons. The molecule has 0 amide bonds. The summed E-state index contributed by atoms with van der Waals surface area (Å²) in [6.45, 7) is 10.3. The van der Waals surface area contributed by atoms with Gasteiger partial charge in [-0.15, -0.1) is 0 Å². The minimum atomic E-state index is -0.279. The van der Waals surface area contributed by atoms with Gasteiger partial charge in [-0.3, -0.25) is 9.38 Å². The molecule has 1 heterocycles. The summed E-state index contributed by atoms with van der Waals surface area (Å²) in [6.07, 6.45) is 0.538. The molecule has 0 aromatic rings. The van der Waals surface area contributed by atoms with E-state index in [-0.39, 0.29) is 12.2 Å². The highest BCUT2D eigenvalue weighted by Crippen LogP contribution is 2.46. The van der Waals surface area contributed by atoms with E-state index in [0.717, 1.165) is 12.5 Å². The van der Waals surface area contributed by atoms with Crippen LogP contribution in [0.15, 0.2) is 4.99 Å². The number of nitrogens with zero attached hydrogens (tertiary/aromatic N) is 2. The Morgan fingerprint density at radius 1 is 1.38 bits per heavy atom. The van der Waals surface area contributed by atoms with E-state index < -0.39 is 0 Å². The lowest BCUT2D eigenvalue weighted by molar-refractivity contribution is -0.0667. The molecule has 3 nitrogen and oxygen atoms in total. The summed E-state index contributed by atoms with van der Waals surface area (Å²) in [6, 6.07) is 0. The number of alkyl halides is 1. The molecule has 1 saturated heterocycles. The molecule has 0 atom stereocenters. The van der Waals surface area contributed by atoms with Crippen molar-refractivity contribution in [3.05, 3.63) is 0 Å². The molecular formula is C12H24FN3. The van der Waals surface area contributed by atoms with Crippen molar-refractivity contribution in [2.75, 3.05) is 26.8 Å². The lowest BCUT2D eigenvalue weighted by Gasteiger charge is -2.62. The van der Waals surface area contributed by atoms with Crippen molar-refractivity contribution in [1.29, 1.82) is 0 Å². The summed E-state index contributed by atoms with van der Waals surface area (Å²) < 4.78 is 12.0. The molecule has 0 unspecified atom stereocenters. The van der Waals surface area contributed by atoms with E-state index in [1.807, 2.05) is 0 Å². The Morgan fingerprint density at radius 2 is 2.00 bits per heavy atom. The zero-order valence-corrected chi connectivity index (χ0v) is 11.1.